The third-order valence-electron chi connectivity index (χ3n) is 5.92. The van der Waals surface area contributed by atoms with Crippen LogP contribution in [0, 0.1) is 29.2 Å². The molecular weight excluding hydrogens is 480 g/mol. The minimum absolute atomic E-state index is 0.0464. The van der Waals surface area contributed by atoms with E-state index in [0.717, 1.165) is 42.4 Å². The molecule has 35 heavy (non-hydrogen) atoms. The molecule has 1 saturated heterocycles. The Kier molecular flexibility index (Phi) is 7.32. The molecule has 184 valence electrons. The number of hydrogen-bond donors (Lipinski definition) is 2. The number of anilines is 2. The second kappa shape index (κ2) is 10.2. The maximum absolute atomic E-state index is 15.4. The van der Waals surface area contributed by atoms with E-state index in [1.54, 1.807) is 18.5 Å². The molecule has 2 atom stereocenters. The van der Waals surface area contributed by atoms with Gasteiger partial charge in [0.2, 0.25) is 0 Å². The highest BCUT2D eigenvalue weighted by molar-refractivity contribution is 7.98. The number of nitrogens with one attached hydrogen (secondary N) is 1. The fourth-order valence-corrected chi connectivity index (χ4v) is 4.85. The molecule has 0 spiro atoms. The number of rotatable bonds is 5. The lowest BCUT2D eigenvalue weighted by Gasteiger charge is -2.37. The Balaban J connectivity index is 1.69. The first-order valence-corrected chi connectivity index (χ1v) is 12.2. The lowest BCUT2D eigenvalue weighted by molar-refractivity contribution is 0.102. The summed E-state index contributed by atoms with van der Waals surface area (Å²) in [6.45, 7) is 3.35. The Hall–Kier alpha value is -3.11. The number of hydrogen-bond acceptors (Lipinski definition) is 5. The number of piperidine rings is 1. The molecule has 1 aliphatic rings. The van der Waals surface area contributed by atoms with Crippen LogP contribution in [0.1, 0.15) is 23.7 Å². The van der Waals surface area contributed by atoms with E-state index >= 15 is 4.39 Å². The number of aromatic nitrogens is 1. The second-order valence-electron chi connectivity index (χ2n) is 8.60. The molecule has 2 aromatic carbocycles. The van der Waals surface area contributed by atoms with Gasteiger partial charge in [0.05, 0.1) is 34.3 Å². The molecule has 3 aromatic rings. The van der Waals surface area contributed by atoms with Gasteiger partial charge in [0.1, 0.15) is 23.3 Å². The second-order valence-corrected chi connectivity index (χ2v) is 9.48. The van der Waals surface area contributed by atoms with Gasteiger partial charge in [0.15, 0.2) is 0 Å². The number of pyridine rings is 1. The summed E-state index contributed by atoms with van der Waals surface area (Å²) >= 11 is 1.08. The highest BCUT2D eigenvalue weighted by atomic mass is 32.2. The Morgan fingerprint density at radius 3 is 2.46 bits per heavy atom. The number of benzene rings is 2. The van der Waals surface area contributed by atoms with Crippen LogP contribution in [-0.4, -0.2) is 36.3 Å². The first-order valence-electron chi connectivity index (χ1n) is 11.0. The van der Waals surface area contributed by atoms with Crippen molar-refractivity contribution in [3.63, 3.8) is 0 Å². The third-order valence-corrected chi connectivity index (χ3v) is 6.62. The average Bonchev–Trinajstić information content (AvgIpc) is 2.80. The lowest BCUT2D eigenvalue weighted by atomic mass is 9.96. The monoisotopic (exact) mass is 504 g/mol. The van der Waals surface area contributed by atoms with Crippen LogP contribution in [0.2, 0.25) is 0 Å². The van der Waals surface area contributed by atoms with Gasteiger partial charge in [-0.2, -0.15) is 0 Å². The Morgan fingerprint density at radius 2 is 1.80 bits per heavy atom. The molecule has 4 rings (SSSR count). The molecule has 3 N–H and O–H groups in total. The molecule has 2 heterocycles. The number of thioether (sulfide) groups is 1. The van der Waals surface area contributed by atoms with E-state index in [2.05, 4.69) is 17.2 Å². The third kappa shape index (κ3) is 5.13. The molecule has 1 fully saturated rings. The van der Waals surface area contributed by atoms with Crippen molar-refractivity contribution in [3.8, 4) is 11.1 Å². The highest BCUT2D eigenvalue weighted by Crippen LogP contribution is 2.35. The van der Waals surface area contributed by atoms with Crippen LogP contribution in [0.4, 0.5) is 28.9 Å². The number of halogens is 4. The fourth-order valence-electron chi connectivity index (χ4n) is 4.41. The quantitative estimate of drug-likeness (QED) is 0.357. The van der Waals surface area contributed by atoms with Crippen LogP contribution < -0.4 is 16.0 Å². The molecule has 1 amide bonds. The van der Waals surface area contributed by atoms with E-state index in [0.29, 0.717) is 30.4 Å². The highest BCUT2D eigenvalue weighted by Gasteiger charge is 2.27. The van der Waals surface area contributed by atoms with Gasteiger partial charge in [0, 0.05) is 30.2 Å². The van der Waals surface area contributed by atoms with Gasteiger partial charge in [0.25, 0.3) is 5.91 Å². The molecular formula is C25H24F4N4OS. The van der Waals surface area contributed by atoms with Crippen LogP contribution in [0.25, 0.3) is 11.1 Å². The van der Waals surface area contributed by atoms with Crippen molar-refractivity contribution in [2.45, 2.75) is 24.3 Å². The van der Waals surface area contributed by atoms with Gasteiger partial charge >= 0.3 is 0 Å². The zero-order valence-electron chi connectivity index (χ0n) is 19.1. The molecule has 0 radical (unpaired) electrons. The maximum atomic E-state index is 15.4. The van der Waals surface area contributed by atoms with E-state index in [-0.39, 0.29) is 10.9 Å². The topological polar surface area (TPSA) is 71.2 Å². The number of amides is 1. The summed E-state index contributed by atoms with van der Waals surface area (Å²) < 4.78 is 59.2. The predicted molar refractivity (Wildman–Crippen MR) is 130 cm³/mol. The van der Waals surface area contributed by atoms with E-state index in [9.17, 15) is 18.0 Å². The standard InChI is InChI=1S/C25H24F4N4OS/c1-13-7-14(30)12-33(11-13)21-5-6-31-10-20(21)32-25(34)16-3-4-17(26)23(24(16)29)22-18(27)8-15(35-2)9-19(22)28/h3-6,8-10,13-14H,7,11-12,30H2,1-2H3,(H,32,34)/t13-,14+/m1/s1. The van der Waals surface area contributed by atoms with Crippen molar-refractivity contribution in [2.75, 3.05) is 29.6 Å². The normalized spacial score (nSPS) is 18.0. The van der Waals surface area contributed by atoms with Crippen LogP contribution >= 0.6 is 11.8 Å². The summed E-state index contributed by atoms with van der Waals surface area (Å²) in [6, 6.07) is 5.39. The van der Waals surface area contributed by atoms with Crippen LogP contribution in [0.3, 0.4) is 0 Å². The summed E-state index contributed by atoms with van der Waals surface area (Å²) in [5.41, 5.74) is 4.74. The maximum Gasteiger partial charge on any atom is 0.258 e. The Morgan fingerprint density at radius 1 is 1.09 bits per heavy atom. The van der Waals surface area contributed by atoms with E-state index < -0.39 is 45.9 Å². The summed E-state index contributed by atoms with van der Waals surface area (Å²) in [5.74, 6) is -5.39. The van der Waals surface area contributed by atoms with Crippen molar-refractivity contribution in [1.82, 2.24) is 4.98 Å². The molecule has 0 saturated carbocycles. The largest absolute Gasteiger partial charge is 0.368 e. The van der Waals surface area contributed by atoms with Gasteiger partial charge in [-0.15, -0.1) is 11.8 Å². The van der Waals surface area contributed by atoms with E-state index in [4.69, 9.17) is 5.73 Å². The smallest absolute Gasteiger partial charge is 0.258 e. The van der Waals surface area contributed by atoms with Crippen LogP contribution in [0.5, 0.6) is 0 Å². The number of nitrogens with two attached hydrogens (primary N) is 1. The van der Waals surface area contributed by atoms with Gasteiger partial charge in [-0.1, -0.05) is 6.92 Å². The van der Waals surface area contributed by atoms with Crippen molar-refractivity contribution < 1.29 is 22.4 Å². The van der Waals surface area contributed by atoms with Crippen molar-refractivity contribution in [1.29, 1.82) is 0 Å². The van der Waals surface area contributed by atoms with Crippen molar-refractivity contribution in [2.24, 2.45) is 11.7 Å². The van der Waals surface area contributed by atoms with E-state index in [1.165, 1.54) is 6.20 Å². The zero-order valence-corrected chi connectivity index (χ0v) is 19.9. The number of nitrogens with zero attached hydrogens (tertiary/aromatic N) is 2. The van der Waals surface area contributed by atoms with Crippen LogP contribution in [-0.2, 0) is 0 Å². The summed E-state index contributed by atoms with van der Waals surface area (Å²) in [4.78, 5) is 19.3. The molecule has 5 nitrogen and oxygen atoms in total. The van der Waals surface area contributed by atoms with Gasteiger partial charge in [-0.05, 0) is 48.9 Å². The minimum Gasteiger partial charge on any atom is -0.368 e. The van der Waals surface area contributed by atoms with E-state index in [1.807, 2.05) is 4.90 Å². The summed E-state index contributed by atoms with van der Waals surface area (Å²) in [7, 11) is 0. The fraction of sp³-hybridized carbons (Fsp3) is 0.280. The summed E-state index contributed by atoms with van der Waals surface area (Å²) in [6.07, 6.45) is 5.47. The number of carbonyl (C=O) groups is 1. The molecule has 1 aromatic heterocycles. The van der Waals surface area contributed by atoms with Gasteiger partial charge in [-0.3, -0.25) is 9.78 Å². The Bertz CT molecular complexity index is 1240. The number of carbonyl (C=O) groups excluding carboxylic acids is 1. The average molecular weight is 505 g/mol. The van der Waals surface area contributed by atoms with Crippen LogP contribution in [0.15, 0.2) is 47.6 Å². The molecule has 0 unspecified atom stereocenters. The summed E-state index contributed by atoms with van der Waals surface area (Å²) in [5, 5.41) is 2.60. The molecule has 0 bridgehead atoms. The van der Waals surface area contributed by atoms with Gasteiger partial charge < -0.3 is 16.0 Å². The predicted octanol–water partition coefficient (Wildman–Crippen LogP) is 5.45. The molecule has 0 aliphatic carbocycles. The first kappa shape index (κ1) is 25.0. The molecule has 10 heteroatoms. The molecule has 1 aliphatic heterocycles. The first-order chi connectivity index (χ1) is 16.7. The zero-order chi connectivity index (χ0) is 25.3. The van der Waals surface area contributed by atoms with Gasteiger partial charge in [-0.25, -0.2) is 17.6 Å². The lowest BCUT2D eigenvalue weighted by Crippen LogP contribution is -2.46. The minimum atomic E-state index is -1.36. The van der Waals surface area contributed by atoms with Crippen molar-refractivity contribution >= 4 is 29.0 Å². The Labute approximate surface area is 204 Å². The SMILES string of the molecule is CSc1cc(F)c(-c2c(F)ccc(C(=O)Nc3cnccc3N3C[C@H](C)C[C@H](N)C3)c2F)c(F)c1. The van der Waals surface area contributed by atoms with Crippen molar-refractivity contribution in [3.05, 3.63) is 71.6 Å².